The normalized spacial score (nSPS) is 14.3. The average Bonchev–Trinajstić information content (AvgIpc) is 2.72. The number of nitrogens with one attached hydrogen (secondary N) is 2. The number of hydrogen-bond acceptors (Lipinski definition) is 5. The van der Waals surface area contributed by atoms with Crippen LogP contribution in [-0.2, 0) is 19.4 Å². The molecule has 0 spiro atoms. The number of hydrogen-bond donors (Lipinski definition) is 3. The van der Waals surface area contributed by atoms with E-state index in [1.807, 2.05) is 6.92 Å². The van der Waals surface area contributed by atoms with Crippen molar-refractivity contribution in [1.29, 1.82) is 0 Å². The number of aryl methyl sites for hydroxylation is 1. The lowest BCUT2D eigenvalue weighted by Crippen LogP contribution is -2.35. The Morgan fingerprint density at radius 3 is 2.22 bits per heavy atom. The fourth-order valence-electron chi connectivity index (χ4n) is 2.82. The van der Waals surface area contributed by atoms with Crippen LogP contribution in [0.25, 0.3) is 0 Å². The molecule has 0 aliphatic rings. The maximum Gasteiger partial charge on any atom is 0.245 e. The summed E-state index contributed by atoms with van der Waals surface area (Å²) in [6.45, 7) is 6.70. The van der Waals surface area contributed by atoms with E-state index in [0.717, 1.165) is 11.6 Å². The summed E-state index contributed by atoms with van der Waals surface area (Å²) < 4.78 is 25.9. The lowest BCUT2D eigenvalue weighted by Gasteiger charge is -2.20. The maximum absolute atomic E-state index is 13.0. The van der Waals surface area contributed by atoms with Crippen molar-refractivity contribution >= 4 is 56.2 Å². The van der Waals surface area contributed by atoms with Gasteiger partial charge in [-0.15, -0.1) is 11.6 Å². The molecule has 2 aromatic carbocycles. The first-order valence-electron chi connectivity index (χ1n) is 9.97. The van der Waals surface area contributed by atoms with Gasteiger partial charge in [-0.3, -0.25) is 9.59 Å². The van der Waals surface area contributed by atoms with Gasteiger partial charge in [-0.2, -0.15) is 0 Å². The van der Waals surface area contributed by atoms with Crippen LogP contribution >= 0.6 is 23.2 Å². The molecule has 0 radical (unpaired) electrons. The number of aromatic hydroxyl groups is 1. The van der Waals surface area contributed by atoms with Crippen molar-refractivity contribution in [1.82, 2.24) is 0 Å². The van der Waals surface area contributed by atoms with Crippen LogP contribution in [0.1, 0.15) is 39.2 Å². The van der Waals surface area contributed by atoms with Crippen LogP contribution in [0.4, 0.5) is 11.4 Å². The predicted octanol–water partition coefficient (Wildman–Crippen LogP) is 4.89. The van der Waals surface area contributed by atoms with E-state index in [4.69, 9.17) is 23.2 Å². The number of anilines is 2. The van der Waals surface area contributed by atoms with E-state index in [9.17, 15) is 23.1 Å². The van der Waals surface area contributed by atoms with Crippen LogP contribution < -0.4 is 10.6 Å². The molecule has 2 unspecified atom stereocenters. The van der Waals surface area contributed by atoms with Gasteiger partial charge in [0, 0.05) is 6.07 Å². The first kappa shape index (κ1) is 26.0. The monoisotopic (exact) mass is 500 g/mol. The molecule has 2 aromatic rings. The molecule has 7 nitrogen and oxygen atoms in total. The molecule has 174 valence electrons. The highest BCUT2D eigenvalue weighted by Crippen LogP contribution is 2.35. The molecule has 2 amide bonds. The van der Waals surface area contributed by atoms with Gasteiger partial charge in [-0.05, 0) is 44.9 Å². The van der Waals surface area contributed by atoms with E-state index >= 15 is 0 Å². The Balaban J connectivity index is 2.27. The Morgan fingerprint density at radius 2 is 1.69 bits per heavy atom. The topological polar surface area (TPSA) is 113 Å². The highest BCUT2D eigenvalue weighted by molar-refractivity contribution is 7.92. The van der Waals surface area contributed by atoms with E-state index in [1.54, 1.807) is 26.0 Å². The molecule has 2 atom stereocenters. The summed E-state index contributed by atoms with van der Waals surface area (Å²) >= 11 is 12.3. The molecule has 10 heteroatoms. The summed E-state index contributed by atoms with van der Waals surface area (Å²) in [6.07, 6.45) is 0.391. The SMILES string of the molecule is CCC(C(=O)Nc1cc(O)c(NC(=O)C(C)(Cl)CC)cc1Cl)S(=O)(=O)c1ccc(C)cc1. The second-order valence-corrected chi connectivity index (χ2v) is 11.0. The van der Waals surface area contributed by atoms with Gasteiger partial charge in [0.05, 0.1) is 21.3 Å². The maximum atomic E-state index is 13.0. The molecular formula is C22H26Cl2N2O5S. The summed E-state index contributed by atoms with van der Waals surface area (Å²) in [4.78, 5) is 23.9. The van der Waals surface area contributed by atoms with Gasteiger partial charge in [-0.25, -0.2) is 8.42 Å². The lowest BCUT2D eigenvalue weighted by atomic mass is 10.1. The number of alkyl halides is 1. The Kier molecular flexibility index (Phi) is 8.20. The number of halogens is 2. The number of rotatable bonds is 8. The Labute approximate surface area is 198 Å². The summed E-state index contributed by atoms with van der Waals surface area (Å²) in [6, 6.07) is 8.62. The summed E-state index contributed by atoms with van der Waals surface area (Å²) in [5.41, 5.74) is 0.913. The zero-order valence-electron chi connectivity index (χ0n) is 18.2. The highest BCUT2D eigenvalue weighted by atomic mass is 35.5. The molecule has 3 N–H and O–H groups in total. The van der Waals surface area contributed by atoms with E-state index in [1.165, 1.54) is 25.1 Å². The van der Waals surface area contributed by atoms with Crippen LogP contribution in [-0.4, -0.2) is 35.5 Å². The zero-order chi connectivity index (χ0) is 24.3. The van der Waals surface area contributed by atoms with Gasteiger partial charge in [0.1, 0.15) is 15.9 Å². The van der Waals surface area contributed by atoms with Crippen LogP contribution in [0.15, 0.2) is 41.3 Å². The molecule has 32 heavy (non-hydrogen) atoms. The second-order valence-electron chi connectivity index (χ2n) is 7.60. The van der Waals surface area contributed by atoms with E-state index < -0.39 is 31.8 Å². The summed E-state index contributed by atoms with van der Waals surface area (Å²) in [5, 5.41) is 13.9. The fourth-order valence-corrected chi connectivity index (χ4v) is 4.70. The third-order valence-corrected chi connectivity index (χ3v) is 8.09. The van der Waals surface area contributed by atoms with Crippen molar-refractivity contribution in [2.45, 2.75) is 55.6 Å². The number of benzene rings is 2. The van der Waals surface area contributed by atoms with Gasteiger partial charge < -0.3 is 15.7 Å². The Bertz CT molecular complexity index is 1120. The van der Waals surface area contributed by atoms with Gasteiger partial charge >= 0.3 is 0 Å². The summed E-state index contributed by atoms with van der Waals surface area (Å²) in [7, 11) is -3.94. The van der Waals surface area contributed by atoms with Crippen molar-refractivity contribution in [2.75, 3.05) is 10.6 Å². The lowest BCUT2D eigenvalue weighted by molar-refractivity contribution is -0.118. The Hall–Kier alpha value is -2.29. The van der Waals surface area contributed by atoms with Gasteiger partial charge in [0.2, 0.25) is 11.8 Å². The van der Waals surface area contributed by atoms with Crippen molar-refractivity contribution in [3.63, 3.8) is 0 Å². The van der Waals surface area contributed by atoms with Crippen molar-refractivity contribution in [3.05, 3.63) is 47.0 Å². The first-order valence-corrected chi connectivity index (χ1v) is 12.3. The van der Waals surface area contributed by atoms with Gasteiger partial charge in [0.25, 0.3) is 0 Å². The van der Waals surface area contributed by atoms with Crippen LogP contribution in [0, 0.1) is 6.92 Å². The molecule has 0 heterocycles. The molecule has 0 aromatic heterocycles. The molecule has 0 saturated heterocycles. The third-order valence-electron chi connectivity index (χ3n) is 5.12. The summed E-state index contributed by atoms with van der Waals surface area (Å²) in [5.74, 6) is -1.68. The van der Waals surface area contributed by atoms with Gasteiger partial charge in [0.15, 0.2) is 9.84 Å². The number of carbonyl (C=O) groups is 2. The molecule has 0 fully saturated rings. The Morgan fingerprint density at radius 1 is 1.09 bits per heavy atom. The molecule has 0 bridgehead atoms. The molecule has 0 aliphatic heterocycles. The van der Waals surface area contributed by atoms with E-state index in [0.29, 0.717) is 6.42 Å². The van der Waals surface area contributed by atoms with Crippen LogP contribution in [0.3, 0.4) is 0 Å². The van der Waals surface area contributed by atoms with Crippen LogP contribution in [0.2, 0.25) is 5.02 Å². The standard InChI is InChI=1S/C22H26Cl2N2O5S/c1-5-19(32(30,31)14-9-7-13(3)8-10-14)20(28)25-16-12-18(27)17(11-15(16)23)26-21(29)22(4,24)6-2/h7-12,19,27H,5-6H2,1-4H3,(H,25,28)(H,26,29). The predicted molar refractivity (Wildman–Crippen MR) is 127 cm³/mol. The van der Waals surface area contributed by atoms with Crippen molar-refractivity contribution < 1.29 is 23.1 Å². The number of amides is 2. The minimum Gasteiger partial charge on any atom is -0.506 e. The smallest absolute Gasteiger partial charge is 0.245 e. The number of phenolic OH excluding ortho intramolecular Hbond substituents is 1. The molecule has 0 saturated carbocycles. The average molecular weight is 501 g/mol. The van der Waals surface area contributed by atoms with Crippen molar-refractivity contribution in [3.8, 4) is 5.75 Å². The van der Waals surface area contributed by atoms with E-state index in [-0.39, 0.29) is 33.5 Å². The largest absolute Gasteiger partial charge is 0.506 e. The molecule has 0 aliphatic carbocycles. The van der Waals surface area contributed by atoms with Gasteiger partial charge in [-0.1, -0.05) is 43.1 Å². The fraction of sp³-hybridized carbons (Fsp3) is 0.364. The van der Waals surface area contributed by atoms with E-state index in [2.05, 4.69) is 10.6 Å². The highest BCUT2D eigenvalue weighted by Gasteiger charge is 2.33. The van der Waals surface area contributed by atoms with Crippen molar-refractivity contribution in [2.24, 2.45) is 0 Å². The number of phenols is 1. The van der Waals surface area contributed by atoms with Crippen LogP contribution in [0.5, 0.6) is 5.75 Å². The number of carbonyl (C=O) groups excluding carboxylic acids is 2. The second kappa shape index (κ2) is 10.1. The third kappa shape index (κ3) is 5.74. The first-order chi connectivity index (χ1) is 14.8. The molecular weight excluding hydrogens is 475 g/mol. The number of sulfone groups is 1. The molecule has 2 rings (SSSR count). The quantitative estimate of drug-likeness (QED) is 0.352. The zero-order valence-corrected chi connectivity index (χ0v) is 20.5. The minimum absolute atomic E-state index is 0.00168. The minimum atomic E-state index is -3.94.